The predicted molar refractivity (Wildman–Crippen MR) is 80.6 cm³/mol. The molecule has 0 spiro atoms. The summed E-state index contributed by atoms with van der Waals surface area (Å²) in [6, 6.07) is -0.545. The number of likely N-dealkylation sites (tertiary alicyclic amines) is 1. The Morgan fingerprint density at radius 1 is 1.19 bits per heavy atom. The zero-order chi connectivity index (χ0) is 15.9. The van der Waals surface area contributed by atoms with Crippen molar-refractivity contribution in [2.45, 2.75) is 59.0 Å². The SMILES string of the molecule is CC1CCN(C(=O)C2CCC(N)C(C)C2(C)C)C1C(=O)O. The van der Waals surface area contributed by atoms with Crippen molar-refractivity contribution in [1.82, 2.24) is 4.90 Å². The fourth-order valence-corrected chi connectivity index (χ4v) is 4.06. The summed E-state index contributed by atoms with van der Waals surface area (Å²) in [6.45, 7) is 8.76. The van der Waals surface area contributed by atoms with Gasteiger partial charge < -0.3 is 15.7 Å². The van der Waals surface area contributed by atoms with Crippen molar-refractivity contribution in [3.05, 3.63) is 0 Å². The molecule has 0 aromatic rings. The molecule has 2 aliphatic rings. The fourth-order valence-electron chi connectivity index (χ4n) is 4.06. The summed E-state index contributed by atoms with van der Waals surface area (Å²) in [5.74, 6) is -0.719. The van der Waals surface area contributed by atoms with Crippen molar-refractivity contribution in [3.8, 4) is 0 Å². The summed E-state index contributed by atoms with van der Waals surface area (Å²) in [4.78, 5) is 26.0. The lowest BCUT2D eigenvalue weighted by Crippen LogP contribution is -2.54. The zero-order valence-corrected chi connectivity index (χ0v) is 13.5. The molecule has 5 atom stereocenters. The molecular formula is C16H28N2O3. The first kappa shape index (κ1) is 16.3. The van der Waals surface area contributed by atoms with Crippen LogP contribution in [-0.4, -0.2) is 40.5 Å². The first-order valence-electron chi connectivity index (χ1n) is 7.96. The molecule has 3 N–H and O–H groups in total. The third-order valence-corrected chi connectivity index (χ3v) is 6.04. The van der Waals surface area contributed by atoms with Gasteiger partial charge in [0.05, 0.1) is 0 Å². The van der Waals surface area contributed by atoms with Crippen LogP contribution in [0.5, 0.6) is 0 Å². The summed E-state index contributed by atoms with van der Waals surface area (Å²) < 4.78 is 0. The van der Waals surface area contributed by atoms with E-state index in [0.717, 1.165) is 19.3 Å². The fraction of sp³-hybridized carbons (Fsp3) is 0.875. The average molecular weight is 296 g/mol. The zero-order valence-electron chi connectivity index (χ0n) is 13.5. The Morgan fingerprint density at radius 3 is 2.38 bits per heavy atom. The van der Waals surface area contributed by atoms with Crippen LogP contribution in [0.1, 0.15) is 47.0 Å². The van der Waals surface area contributed by atoms with E-state index in [1.807, 2.05) is 6.92 Å². The smallest absolute Gasteiger partial charge is 0.326 e. The van der Waals surface area contributed by atoms with Gasteiger partial charge in [-0.2, -0.15) is 0 Å². The number of amides is 1. The van der Waals surface area contributed by atoms with Gasteiger partial charge in [-0.25, -0.2) is 4.79 Å². The monoisotopic (exact) mass is 296 g/mol. The molecule has 2 fully saturated rings. The Labute approximate surface area is 126 Å². The van der Waals surface area contributed by atoms with E-state index >= 15 is 0 Å². The molecule has 1 aliphatic carbocycles. The van der Waals surface area contributed by atoms with Gasteiger partial charge >= 0.3 is 5.97 Å². The van der Waals surface area contributed by atoms with Crippen molar-refractivity contribution in [2.75, 3.05) is 6.54 Å². The minimum Gasteiger partial charge on any atom is -0.480 e. The number of rotatable bonds is 2. The van der Waals surface area contributed by atoms with Gasteiger partial charge in [-0.3, -0.25) is 4.79 Å². The van der Waals surface area contributed by atoms with Crippen LogP contribution in [0.25, 0.3) is 0 Å². The highest BCUT2D eigenvalue weighted by Crippen LogP contribution is 2.46. The standard InChI is InChI=1S/C16H28N2O3/c1-9-7-8-18(13(9)15(20)21)14(19)11-5-6-12(17)10(2)16(11,3)4/h9-13H,5-8,17H2,1-4H3,(H,20,21). The maximum Gasteiger partial charge on any atom is 0.326 e. The largest absolute Gasteiger partial charge is 0.480 e. The lowest BCUT2D eigenvalue weighted by atomic mass is 9.60. The summed E-state index contributed by atoms with van der Waals surface area (Å²) in [5.41, 5.74) is 5.96. The molecule has 1 saturated heterocycles. The molecule has 0 aromatic heterocycles. The van der Waals surface area contributed by atoms with E-state index in [1.54, 1.807) is 4.90 Å². The molecule has 1 heterocycles. The summed E-state index contributed by atoms with van der Waals surface area (Å²) >= 11 is 0. The average Bonchev–Trinajstić information content (AvgIpc) is 2.77. The number of nitrogens with two attached hydrogens (primary N) is 1. The highest BCUT2D eigenvalue weighted by Gasteiger charge is 2.49. The number of carbonyl (C=O) groups excluding carboxylic acids is 1. The summed E-state index contributed by atoms with van der Waals surface area (Å²) in [7, 11) is 0. The Hall–Kier alpha value is -1.10. The second-order valence-corrected chi connectivity index (χ2v) is 7.48. The van der Waals surface area contributed by atoms with Crippen LogP contribution in [0.2, 0.25) is 0 Å². The number of carbonyl (C=O) groups is 2. The van der Waals surface area contributed by atoms with Gasteiger partial charge in [0.25, 0.3) is 0 Å². The minimum atomic E-state index is -0.883. The molecule has 1 aliphatic heterocycles. The second-order valence-electron chi connectivity index (χ2n) is 7.48. The van der Waals surface area contributed by atoms with Gasteiger partial charge in [0.1, 0.15) is 6.04 Å². The Kier molecular flexibility index (Phi) is 4.34. The maximum atomic E-state index is 13.0. The van der Waals surface area contributed by atoms with E-state index in [9.17, 15) is 14.7 Å². The molecule has 5 nitrogen and oxygen atoms in total. The lowest BCUT2D eigenvalue weighted by Gasteiger charge is -2.47. The van der Waals surface area contributed by atoms with Crippen LogP contribution >= 0.6 is 0 Å². The summed E-state index contributed by atoms with van der Waals surface area (Å²) in [5, 5.41) is 9.41. The molecular weight excluding hydrogens is 268 g/mol. The quantitative estimate of drug-likeness (QED) is 0.812. The van der Waals surface area contributed by atoms with Crippen LogP contribution in [0, 0.1) is 23.2 Å². The number of aliphatic carboxylic acids is 1. The Morgan fingerprint density at radius 2 is 1.81 bits per heavy atom. The third-order valence-electron chi connectivity index (χ3n) is 6.04. The van der Waals surface area contributed by atoms with E-state index in [4.69, 9.17) is 5.73 Å². The minimum absolute atomic E-state index is 0.00972. The van der Waals surface area contributed by atoms with Crippen molar-refractivity contribution in [3.63, 3.8) is 0 Å². The Bertz CT molecular complexity index is 435. The molecule has 21 heavy (non-hydrogen) atoms. The molecule has 5 heteroatoms. The van der Waals surface area contributed by atoms with Crippen molar-refractivity contribution >= 4 is 11.9 Å². The molecule has 0 aromatic carbocycles. The number of carboxylic acid groups (broad SMARTS) is 1. The topological polar surface area (TPSA) is 83.6 Å². The van der Waals surface area contributed by atoms with Crippen LogP contribution in [0.15, 0.2) is 0 Å². The van der Waals surface area contributed by atoms with Crippen molar-refractivity contribution in [1.29, 1.82) is 0 Å². The third kappa shape index (κ3) is 2.68. The van der Waals surface area contributed by atoms with Crippen LogP contribution in [0.3, 0.4) is 0 Å². The first-order valence-corrected chi connectivity index (χ1v) is 7.96. The van der Waals surface area contributed by atoms with Gasteiger partial charge in [-0.1, -0.05) is 27.7 Å². The van der Waals surface area contributed by atoms with Crippen LogP contribution in [-0.2, 0) is 9.59 Å². The van der Waals surface area contributed by atoms with Gasteiger partial charge in [0.15, 0.2) is 0 Å². The second kappa shape index (κ2) is 5.59. The highest BCUT2D eigenvalue weighted by atomic mass is 16.4. The van der Waals surface area contributed by atoms with Crippen molar-refractivity contribution in [2.24, 2.45) is 28.9 Å². The molecule has 1 amide bonds. The number of nitrogens with zero attached hydrogens (tertiary/aromatic N) is 1. The molecule has 120 valence electrons. The number of hydrogen-bond donors (Lipinski definition) is 2. The van der Waals surface area contributed by atoms with E-state index in [2.05, 4.69) is 20.8 Å². The highest BCUT2D eigenvalue weighted by molar-refractivity contribution is 5.86. The molecule has 0 radical (unpaired) electrons. The van der Waals surface area contributed by atoms with Gasteiger partial charge in [0.2, 0.25) is 5.91 Å². The van der Waals surface area contributed by atoms with Crippen LogP contribution < -0.4 is 5.73 Å². The summed E-state index contributed by atoms with van der Waals surface area (Å²) in [6.07, 6.45) is 2.36. The molecule has 5 unspecified atom stereocenters. The van der Waals surface area contributed by atoms with Gasteiger partial charge in [-0.05, 0) is 36.5 Å². The molecule has 1 saturated carbocycles. The van der Waals surface area contributed by atoms with E-state index in [0.29, 0.717) is 6.54 Å². The Balaban J connectivity index is 2.21. The van der Waals surface area contributed by atoms with Gasteiger partial charge in [0, 0.05) is 18.5 Å². The van der Waals surface area contributed by atoms with E-state index in [1.165, 1.54) is 0 Å². The molecule has 0 bridgehead atoms. The number of carboxylic acids is 1. The predicted octanol–water partition coefficient (Wildman–Crippen LogP) is 1.71. The maximum absolute atomic E-state index is 13.0. The lowest BCUT2D eigenvalue weighted by molar-refractivity contribution is -0.155. The molecule has 2 rings (SSSR count). The van der Waals surface area contributed by atoms with Crippen LogP contribution in [0.4, 0.5) is 0 Å². The normalized spacial score (nSPS) is 39.3. The van der Waals surface area contributed by atoms with E-state index in [-0.39, 0.29) is 35.1 Å². The van der Waals surface area contributed by atoms with Gasteiger partial charge in [-0.15, -0.1) is 0 Å². The van der Waals surface area contributed by atoms with E-state index < -0.39 is 12.0 Å². The number of hydrogen-bond acceptors (Lipinski definition) is 3. The van der Waals surface area contributed by atoms with Crippen molar-refractivity contribution < 1.29 is 14.7 Å². The first-order chi connectivity index (χ1) is 9.67.